The molecule has 2 nitrogen and oxygen atoms in total. The second-order valence-corrected chi connectivity index (χ2v) is 3.32. The summed E-state index contributed by atoms with van der Waals surface area (Å²) in [5.41, 5.74) is 7.89. The lowest BCUT2D eigenvalue weighted by atomic mass is 10.1. The number of benzene rings is 1. The highest BCUT2D eigenvalue weighted by atomic mass is 14.9. The van der Waals surface area contributed by atoms with E-state index in [0.717, 1.165) is 12.2 Å². The van der Waals surface area contributed by atoms with Gasteiger partial charge in [0.05, 0.1) is 0 Å². The largest absolute Gasteiger partial charge is 0.399 e. The molecule has 0 saturated carbocycles. The lowest BCUT2D eigenvalue weighted by Crippen LogP contribution is -2.12. The maximum Gasteiger partial charge on any atom is 0.0321 e. The predicted octanol–water partition coefficient (Wildman–Crippen LogP) is 1.69. The molecule has 1 aliphatic heterocycles. The Morgan fingerprint density at radius 3 is 3.00 bits per heavy atom. The summed E-state index contributed by atoms with van der Waals surface area (Å²) in [6.45, 7) is 1.14. The highest BCUT2D eigenvalue weighted by molar-refractivity contribution is 5.41. The summed E-state index contributed by atoms with van der Waals surface area (Å²) in [4.78, 5) is 0. The minimum absolute atomic E-state index is 0.536. The average molecular weight is 162 g/mol. The van der Waals surface area contributed by atoms with Gasteiger partial charge >= 0.3 is 0 Å². The van der Waals surface area contributed by atoms with Crippen LogP contribution in [-0.4, -0.2) is 6.54 Å². The summed E-state index contributed by atoms with van der Waals surface area (Å²) in [7, 11) is 0. The van der Waals surface area contributed by atoms with Gasteiger partial charge in [0, 0.05) is 11.7 Å². The van der Waals surface area contributed by atoms with E-state index < -0.39 is 0 Å². The zero-order chi connectivity index (χ0) is 8.39. The highest BCUT2D eigenvalue weighted by Gasteiger charge is 2.15. The fourth-order valence-corrected chi connectivity index (χ4v) is 1.74. The molecular formula is C10H14N2. The van der Waals surface area contributed by atoms with Crippen LogP contribution in [0.2, 0.25) is 0 Å². The van der Waals surface area contributed by atoms with Gasteiger partial charge in [-0.1, -0.05) is 12.1 Å². The Morgan fingerprint density at radius 2 is 2.33 bits per heavy atom. The van der Waals surface area contributed by atoms with Crippen LogP contribution in [0.4, 0.5) is 5.69 Å². The third-order valence-corrected chi connectivity index (χ3v) is 2.37. The van der Waals surface area contributed by atoms with Gasteiger partial charge in [-0.25, -0.2) is 0 Å². The number of nitrogens with two attached hydrogens (primary N) is 1. The van der Waals surface area contributed by atoms with Gasteiger partial charge in [-0.15, -0.1) is 0 Å². The molecule has 0 aromatic heterocycles. The van der Waals surface area contributed by atoms with E-state index in [9.17, 15) is 0 Å². The lowest BCUT2D eigenvalue weighted by Gasteiger charge is -2.10. The van der Waals surface area contributed by atoms with Crippen molar-refractivity contribution in [2.75, 3.05) is 12.3 Å². The number of hydrogen-bond acceptors (Lipinski definition) is 2. The normalized spacial score (nSPS) is 22.8. The molecule has 0 bridgehead atoms. The fraction of sp³-hybridized carbons (Fsp3) is 0.400. The average Bonchev–Trinajstić information content (AvgIpc) is 2.56. The van der Waals surface area contributed by atoms with Crippen molar-refractivity contribution in [1.82, 2.24) is 5.32 Å². The van der Waals surface area contributed by atoms with Gasteiger partial charge in [-0.3, -0.25) is 0 Å². The molecule has 1 aromatic carbocycles. The molecule has 12 heavy (non-hydrogen) atoms. The van der Waals surface area contributed by atoms with Gasteiger partial charge in [0.2, 0.25) is 0 Å². The van der Waals surface area contributed by atoms with E-state index in [1.54, 1.807) is 0 Å². The maximum atomic E-state index is 5.70. The van der Waals surface area contributed by atoms with E-state index in [1.807, 2.05) is 12.1 Å². The van der Waals surface area contributed by atoms with E-state index in [-0.39, 0.29) is 0 Å². The van der Waals surface area contributed by atoms with Crippen LogP contribution < -0.4 is 11.1 Å². The molecule has 0 radical (unpaired) electrons. The van der Waals surface area contributed by atoms with Gasteiger partial charge in [0.25, 0.3) is 0 Å². The van der Waals surface area contributed by atoms with Gasteiger partial charge in [-0.2, -0.15) is 0 Å². The molecular weight excluding hydrogens is 148 g/mol. The first-order valence-electron chi connectivity index (χ1n) is 4.45. The molecule has 1 saturated heterocycles. The van der Waals surface area contributed by atoms with Crippen molar-refractivity contribution in [3.05, 3.63) is 29.8 Å². The number of anilines is 1. The van der Waals surface area contributed by atoms with Gasteiger partial charge in [0.1, 0.15) is 0 Å². The van der Waals surface area contributed by atoms with E-state index in [2.05, 4.69) is 17.4 Å². The van der Waals surface area contributed by atoms with E-state index in [4.69, 9.17) is 5.73 Å². The number of hydrogen-bond donors (Lipinski definition) is 2. The summed E-state index contributed by atoms with van der Waals surface area (Å²) >= 11 is 0. The molecule has 64 valence electrons. The van der Waals surface area contributed by atoms with Crippen molar-refractivity contribution in [1.29, 1.82) is 0 Å². The first-order valence-corrected chi connectivity index (χ1v) is 4.45. The van der Waals surface area contributed by atoms with Gasteiger partial charge in [0.15, 0.2) is 0 Å². The Labute approximate surface area is 72.8 Å². The molecule has 0 aliphatic carbocycles. The topological polar surface area (TPSA) is 38.0 Å². The molecule has 2 rings (SSSR count). The highest BCUT2D eigenvalue weighted by Crippen LogP contribution is 2.23. The molecule has 1 aliphatic rings. The number of nitrogen functional groups attached to an aromatic ring is 1. The summed E-state index contributed by atoms with van der Waals surface area (Å²) in [6.07, 6.45) is 2.52. The first kappa shape index (κ1) is 7.62. The summed E-state index contributed by atoms with van der Waals surface area (Å²) in [6, 6.07) is 8.68. The number of nitrogens with one attached hydrogen (secondary N) is 1. The van der Waals surface area contributed by atoms with Crippen molar-refractivity contribution >= 4 is 5.69 Å². The third-order valence-electron chi connectivity index (χ3n) is 2.37. The fourth-order valence-electron chi connectivity index (χ4n) is 1.74. The Hall–Kier alpha value is -1.02. The number of rotatable bonds is 1. The smallest absolute Gasteiger partial charge is 0.0321 e. The second kappa shape index (κ2) is 3.15. The molecule has 1 aromatic rings. The molecule has 1 heterocycles. The first-order chi connectivity index (χ1) is 5.86. The Bertz CT molecular complexity index is 264. The molecule has 0 amide bonds. The van der Waals surface area contributed by atoms with Crippen LogP contribution in [0.5, 0.6) is 0 Å². The Balaban J connectivity index is 2.21. The van der Waals surface area contributed by atoms with Crippen LogP contribution in [-0.2, 0) is 0 Å². The van der Waals surface area contributed by atoms with Crippen LogP contribution in [0.1, 0.15) is 24.4 Å². The monoisotopic (exact) mass is 162 g/mol. The van der Waals surface area contributed by atoms with Crippen LogP contribution in [0, 0.1) is 0 Å². The van der Waals surface area contributed by atoms with Crippen LogP contribution >= 0.6 is 0 Å². The van der Waals surface area contributed by atoms with Gasteiger partial charge in [-0.05, 0) is 37.1 Å². The zero-order valence-corrected chi connectivity index (χ0v) is 7.09. The Kier molecular flexibility index (Phi) is 2.00. The van der Waals surface area contributed by atoms with Crippen LogP contribution in [0.25, 0.3) is 0 Å². The molecule has 0 spiro atoms. The van der Waals surface area contributed by atoms with E-state index >= 15 is 0 Å². The predicted molar refractivity (Wildman–Crippen MR) is 50.8 cm³/mol. The summed E-state index contributed by atoms with van der Waals surface area (Å²) < 4.78 is 0. The van der Waals surface area contributed by atoms with Crippen molar-refractivity contribution < 1.29 is 0 Å². The van der Waals surface area contributed by atoms with Gasteiger partial charge < -0.3 is 11.1 Å². The van der Waals surface area contributed by atoms with Crippen LogP contribution in [0.3, 0.4) is 0 Å². The molecule has 0 unspecified atom stereocenters. The van der Waals surface area contributed by atoms with E-state index in [1.165, 1.54) is 18.4 Å². The third kappa shape index (κ3) is 1.43. The molecule has 3 N–H and O–H groups in total. The SMILES string of the molecule is Nc1cccc([C@H]2CCCN2)c1. The van der Waals surface area contributed by atoms with Crippen molar-refractivity contribution in [3.8, 4) is 0 Å². The minimum atomic E-state index is 0.536. The lowest BCUT2D eigenvalue weighted by molar-refractivity contribution is 0.648. The van der Waals surface area contributed by atoms with Crippen molar-refractivity contribution in [2.24, 2.45) is 0 Å². The van der Waals surface area contributed by atoms with E-state index in [0.29, 0.717) is 6.04 Å². The summed E-state index contributed by atoms with van der Waals surface area (Å²) in [5.74, 6) is 0. The van der Waals surface area contributed by atoms with Crippen LogP contribution in [0.15, 0.2) is 24.3 Å². The second-order valence-electron chi connectivity index (χ2n) is 3.32. The van der Waals surface area contributed by atoms with Crippen molar-refractivity contribution in [2.45, 2.75) is 18.9 Å². The standard InChI is InChI=1S/C10H14N2/c11-9-4-1-3-8(7-9)10-5-2-6-12-10/h1,3-4,7,10,12H,2,5-6,11H2/t10-/m1/s1. The Morgan fingerprint density at radius 1 is 1.42 bits per heavy atom. The molecule has 2 heteroatoms. The zero-order valence-electron chi connectivity index (χ0n) is 7.09. The summed E-state index contributed by atoms with van der Waals surface area (Å²) in [5, 5.41) is 3.44. The quantitative estimate of drug-likeness (QED) is 0.617. The molecule has 1 atom stereocenters. The molecule has 1 fully saturated rings. The maximum absolute atomic E-state index is 5.70. The minimum Gasteiger partial charge on any atom is -0.399 e. The van der Waals surface area contributed by atoms with Crippen molar-refractivity contribution in [3.63, 3.8) is 0 Å².